The maximum absolute atomic E-state index is 11.8. The van der Waals surface area contributed by atoms with E-state index in [-0.39, 0.29) is 18.4 Å². The second-order valence-electron chi connectivity index (χ2n) is 5.44. The van der Waals surface area contributed by atoms with Crippen LogP contribution in [0.2, 0.25) is 0 Å². The molecule has 6 nitrogen and oxygen atoms in total. The fourth-order valence-corrected chi connectivity index (χ4v) is 2.29. The number of nitrogens with zero attached hydrogens (tertiary/aromatic N) is 2. The lowest BCUT2D eigenvalue weighted by molar-refractivity contribution is -0.138. The maximum Gasteiger partial charge on any atom is 0.317 e. The summed E-state index contributed by atoms with van der Waals surface area (Å²) in [7, 11) is 4.07. The van der Waals surface area contributed by atoms with Crippen LogP contribution in [-0.4, -0.2) is 67.2 Å². The van der Waals surface area contributed by atoms with Gasteiger partial charge in [-0.05, 0) is 45.8 Å². The zero-order valence-electron chi connectivity index (χ0n) is 11.9. The summed E-state index contributed by atoms with van der Waals surface area (Å²) in [6.45, 7) is 2.95. The molecule has 0 aromatic carbocycles. The van der Waals surface area contributed by atoms with Crippen molar-refractivity contribution in [1.29, 1.82) is 0 Å². The lowest BCUT2D eigenvalue weighted by atomic mass is 10.1. The second kappa shape index (κ2) is 7.99. The number of nitrogens with one attached hydrogen (secondary N) is 1. The Kier molecular flexibility index (Phi) is 6.62. The third-order valence-electron chi connectivity index (χ3n) is 3.34. The maximum atomic E-state index is 11.8. The number of carbonyl (C=O) groups is 2. The summed E-state index contributed by atoms with van der Waals surface area (Å²) in [5, 5.41) is 11.6. The van der Waals surface area contributed by atoms with Crippen molar-refractivity contribution in [3.05, 3.63) is 0 Å². The molecule has 0 spiro atoms. The number of amides is 2. The lowest BCUT2D eigenvalue weighted by Gasteiger charge is -2.17. The van der Waals surface area contributed by atoms with Crippen LogP contribution in [0.1, 0.15) is 25.7 Å². The van der Waals surface area contributed by atoms with Crippen LogP contribution in [0.25, 0.3) is 0 Å². The Labute approximate surface area is 114 Å². The largest absolute Gasteiger partial charge is 0.481 e. The molecule has 6 heteroatoms. The molecule has 1 aliphatic heterocycles. The number of hydrogen-bond donors (Lipinski definition) is 2. The first-order valence-electron chi connectivity index (χ1n) is 6.88. The van der Waals surface area contributed by atoms with E-state index < -0.39 is 5.97 Å². The number of unbranched alkanes of at least 4 members (excludes halogenated alkanes) is 1. The van der Waals surface area contributed by atoms with Gasteiger partial charge in [0.1, 0.15) is 0 Å². The van der Waals surface area contributed by atoms with Gasteiger partial charge in [-0.1, -0.05) is 0 Å². The molecule has 1 atom stereocenters. The quantitative estimate of drug-likeness (QED) is 0.673. The van der Waals surface area contributed by atoms with Crippen LogP contribution in [0.3, 0.4) is 0 Å². The van der Waals surface area contributed by atoms with Crippen molar-refractivity contribution >= 4 is 12.0 Å². The highest BCUT2D eigenvalue weighted by molar-refractivity contribution is 5.74. The van der Waals surface area contributed by atoms with E-state index in [2.05, 4.69) is 10.2 Å². The van der Waals surface area contributed by atoms with E-state index in [9.17, 15) is 9.59 Å². The Hall–Kier alpha value is -1.30. The monoisotopic (exact) mass is 271 g/mol. The van der Waals surface area contributed by atoms with Gasteiger partial charge in [0.2, 0.25) is 0 Å². The van der Waals surface area contributed by atoms with Gasteiger partial charge in [0, 0.05) is 26.1 Å². The zero-order valence-corrected chi connectivity index (χ0v) is 11.9. The summed E-state index contributed by atoms with van der Waals surface area (Å²) in [5.74, 6) is -0.673. The van der Waals surface area contributed by atoms with E-state index in [1.807, 2.05) is 14.1 Å². The normalized spacial score (nSPS) is 18.9. The Bertz CT molecular complexity index is 308. The van der Waals surface area contributed by atoms with Crippen molar-refractivity contribution < 1.29 is 14.7 Å². The Morgan fingerprint density at radius 1 is 1.37 bits per heavy atom. The zero-order chi connectivity index (χ0) is 14.3. The molecule has 0 bridgehead atoms. The van der Waals surface area contributed by atoms with Gasteiger partial charge in [0.05, 0.1) is 0 Å². The first-order chi connectivity index (χ1) is 8.99. The highest BCUT2D eigenvalue weighted by Gasteiger charge is 2.27. The number of rotatable bonds is 7. The van der Waals surface area contributed by atoms with Gasteiger partial charge < -0.3 is 20.2 Å². The lowest BCUT2D eigenvalue weighted by Crippen LogP contribution is -2.39. The summed E-state index contributed by atoms with van der Waals surface area (Å²) in [6, 6.07) is -0.0576. The predicted molar refractivity (Wildman–Crippen MR) is 73.1 cm³/mol. The van der Waals surface area contributed by atoms with Crippen molar-refractivity contribution in [3.63, 3.8) is 0 Å². The van der Waals surface area contributed by atoms with E-state index in [1.54, 1.807) is 4.90 Å². The molecule has 2 amide bonds. The molecule has 19 heavy (non-hydrogen) atoms. The number of carboxylic acid groups (broad SMARTS) is 1. The number of hydrogen-bond acceptors (Lipinski definition) is 3. The van der Waals surface area contributed by atoms with Gasteiger partial charge in [0.25, 0.3) is 0 Å². The minimum absolute atomic E-state index is 0.0576. The van der Waals surface area contributed by atoms with Crippen molar-refractivity contribution in [2.45, 2.75) is 25.7 Å². The fourth-order valence-electron chi connectivity index (χ4n) is 2.29. The number of carboxylic acids is 1. The third kappa shape index (κ3) is 6.42. The van der Waals surface area contributed by atoms with E-state index in [4.69, 9.17) is 5.11 Å². The molecule has 0 aromatic heterocycles. The molecule has 1 aliphatic rings. The van der Waals surface area contributed by atoms with E-state index in [0.717, 1.165) is 25.8 Å². The number of aliphatic carboxylic acids is 1. The minimum Gasteiger partial charge on any atom is -0.481 e. The molecule has 1 unspecified atom stereocenters. The first kappa shape index (κ1) is 15.8. The summed E-state index contributed by atoms with van der Waals surface area (Å²) in [5.41, 5.74) is 0. The van der Waals surface area contributed by atoms with Gasteiger partial charge in [-0.3, -0.25) is 4.79 Å². The first-order valence-corrected chi connectivity index (χ1v) is 6.88. The summed E-state index contributed by atoms with van der Waals surface area (Å²) in [6.07, 6.45) is 2.98. The Morgan fingerprint density at radius 3 is 2.74 bits per heavy atom. The van der Waals surface area contributed by atoms with Gasteiger partial charge >= 0.3 is 12.0 Å². The molecular weight excluding hydrogens is 246 g/mol. The van der Waals surface area contributed by atoms with Crippen molar-refractivity contribution in [2.24, 2.45) is 5.92 Å². The smallest absolute Gasteiger partial charge is 0.317 e. The van der Waals surface area contributed by atoms with Crippen LogP contribution < -0.4 is 5.32 Å². The SMILES string of the molecule is CN(C)CCCCNC(=O)N1CCC(CC(=O)O)C1. The molecule has 2 N–H and O–H groups in total. The van der Waals surface area contributed by atoms with E-state index >= 15 is 0 Å². The summed E-state index contributed by atoms with van der Waals surface area (Å²) < 4.78 is 0. The van der Waals surface area contributed by atoms with E-state index in [1.165, 1.54) is 0 Å². The number of likely N-dealkylation sites (tertiary alicyclic amines) is 1. The Balaban J connectivity index is 2.12. The minimum atomic E-state index is -0.782. The molecule has 1 saturated heterocycles. The molecule has 110 valence electrons. The molecule has 0 saturated carbocycles. The fraction of sp³-hybridized carbons (Fsp3) is 0.846. The second-order valence-corrected chi connectivity index (χ2v) is 5.44. The molecule has 0 aromatic rings. The molecule has 1 rings (SSSR count). The van der Waals surface area contributed by atoms with Gasteiger partial charge in [-0.2, -0.15) is 0 Å². The van der Waals surface area contributed by atoms with Gasteiger partial charge in [-0.15, -0.1) is 0 Å². The number of urea groups is 1. The third-order valence-corrected chi connectivity index (χ3v) is 3.34. The van der Waals surface area contributed by atoms with Crippen LogP contribution >= 0.6 is 0 Å². The molecular formula is C13H25N3O3. The molecule has 1 fully saturated rings. The highest BCUT2D eigenvalue weighted by atomic mass is 16.4. The average molecular weight is 271 g/mol. The standard InChI is InChI=1S/C13H25N3O3/c1-15(2)7-4-3-6-14-13(19)16-8-5-11(10-16)9-12(17)18/h11H,3-10H2,1-2H3,(H,14,19)(H,17,18). The predicted octanol–water partition coefficient (Wildman–Crippen LogP) is 0.834. The van der Waals surface area contributed by atoms with Crippen LogP contribution in [-0.2, 0) is 4.79 Å². The summed E-state index contributed by atoms with van der Waals surface area (Å²) >= 11 is 0. The van der Waals surface area contributed by atoms with Crippen LogP contribution in [0.5, 0.6) is 0 Å². The number of carbonyl (C=O) groups excluding carboxylic acids is 1. The van der Waals surface area contributed by atoms with Crippen molar-refractivity contribution in [1.82, 2.24) is 15.1 Å². The average Bonchev–Trinajstić information content (AvgIpc) is 2.75. The van der Waals surface area contributed by atoms with E-state index in [0.29, 0.717) is 19.6 Å². The topological polar surface area (TPSA) is 72.9 Å². The highest BCUT2D eigenvalue weighted by Crippen LogP contribution is 2.19. The van der Waals surface area contributed by atoms with Crippen LogP contribution in [0, 0.1) is 5.92 Å². The van der Waals surface area contributed by atoms with Crippen molar-refractivity contribution in [2.75, 3.05) is 40.3 Å². The summed E-state index contributed by atoms with van der Waals surface area (Å²) in [4.78, 5) is 26.3. The van der Waals surface area contributed by atoms with Gasteiger partial charge in [0.15, 0.2) is 0 Å². The molecule has 0 radical (unpaired) electrons. The van der Waals surface area contributed by atoms with Gasteiger partial charge in [-0.25, -0.2) is 4.79 Å². The Morgan fingerprint density at radius 2 is 2.11 bits per heavy atom. The molecule has 1 heterocycles. The van der Waals surface area contributed by atoms with Crippen LogP contribution in [0.15, 0.2) is 0 Å². The van der Waals surface area contributed by atoms with Crippen LogP contribution in [0.4, 0.5) is 4.79 Å². The van der Waals surface area contributed by atoms with Crippen molar-refractivity contribution in [3.8, 4) is 0 Å². The molecule has 0 aliphatic carbocycles.